The first kappa shape index (κ1) is 16.4. The molecule has 0 bridgehead atoms. The van der Waals surface area contributed by atoms with Gasteiger partial charge in [-0.1, -0.05) is 6.92 Å². The highest BCUT2D eigenvalue weighted by molar-refractivity contribution is 5.96. The Bertz CT molecular complexity index is 532. The summed E-state index contributed by atoms with van der Waals surface area (Å²) in [6.07, 6.45) is 0.798. The molecule has 1 aliphatic heterocycles. The average Bonchev–Trinajstić information content (AvgIpc) is 2.93. The molecule has 1 aliphatic rings. The number of likely N-dealkylation sites (tertiary alicyclic amines) is 1. The van der Waals surface area contributed by atoms with E-state index >= 15 is 0 Å². The van der Waals surface area contributed by atoms with Crippen LogP contribution in [0.4, 0.5) is 5.69 Å². The lowest BCUT2D eigenvalue weighted by Crippen LogP contribution is -2.34. The van der Waals surface area contributed by atoms with E-state index in [0.29, 0.717) is 19.6 Å². The third-order valence-electron chi connectivity index (χ3n) is 3.64. The molecule has 1 aromatic rings. The number of carbonyl (C=O) groups excluding carboxylic acids is 1. The molecule has 1 saturated heterocycles. The highest BCUT2D eigenvalue weighted by Crippen LogP contribution is 2.31. The molecule has 3 N–H and O–H groups in total. The van der Waals surface area contributed by atoms with Crippen molar-refractivity contribution >= 4 is 24.0 Å². The highest BCUT2D eigenvalue weighted by atomic mass is 35.5. The van der Waals surface area contributed by atoms with E-state index in [2.05, 4.69) is 10.2 Å². The van der Waals surface area contributed by atoms with Crippen LogP contribution >= 0.6 is 12.4 Å². The Hall–Kier alpha value is -1.67. The monoisotopic (exact) mass is 303 g/mol. The molecule has 20 heavy (non-hydrogen) atoms. The van der Waals surface area contributed by atoms with Crippen LogP contribution in [0.15, 0.2) is 0 Å². The van der Waals surface area contributed by atoms with Crippen molar-refractivity contribution in [3.63, 3.8) is 0 Å². The summed E-state index contributed by atoms with van der Waals surface area (Å²) in [5, 5.41) is 17.2. The Morgan fingerprint density at radius 3 is 2.80 bits per heavy atom. The number of nitro groups is 1. The van der Waals surface area contributed by atoms with Crippen LogP contribution in [0.2, 0.25) is 0 Å². The van der Waals surface area contributed by atoms with Crippen LogP contribution in [0.5, 0.6) is 0 Å². The summed E-state index contributed by atoms with van der Waals surface area (Å²) < 4.78 is 0. The summed E-state index contributed by atoms with van der Waals surface area (Å²) in [4.78, 5) is 24.2. The zero-order chi connectivity index (χ0) is 14.2. The number of nitrogens with one attached hydrogen (secondary N) is 1. The van der Waals surface area contributed by atoms with Gasteiger partial charge in [-0.2, -0.15) is 5.10 Å². The Morgan fingerprint density at radius 2 is 2.30 bits per heavy atom. The SMILES string of the molecule is Cc1[nH]nc(C(=O)N2CCC(C)(CN)C2)c1[N+](=O)[O-].Cl. The third kappa shape index (κ3) is 2.75. The third-order valence-corrected chi connectivity index (χ3v) is 3.64. The number of nitrogens with two attached hydrogens (primary N) is 1. The minimum absolute atomic E-state index is 0. The van der Waals surface area contributed by atoms with Gasteiger partial charge < -0.3 is 10.6 Å². The Labute approximate surface area is 122 Å². The molecule has 2 heterocycles. The summed E-state index contributed by atoms with van der Waals surface area (Å²) in [6, 6.07) is 0. The maximum Gasteiger partial charge on any atom is 0.322 e. The van der Waals surface area contributed by atoms with Crippen molar-refractivity contribution < 1.29 is 9.72 Å². The molecule has 0 radical (unpaired) electrons. The van der Waals surface area contributed by atoms with E-state index in [1.807, 2.05) is 6.92 Å². The quantitative estimate of drug-likeness (QED) is 0.634. The number of halogens is 1. The van der Waals surface area contributed by atoms with Crippen molar-refractivity contribution in [1.29, 1.82) is 0 Å². The van der Waals surface area contributed by atoms with E-state index in [1.54, 1.807) is 4.90 Å². The fraction of sp³-hybridized carbons (Fsp3) is 0.636. The average molecular weight is 304 g/mol. The van der Waals surface area contributed by atoms with Crippen molar-refractivity contribution in [3.05, 3.63) is 21.5 Å². The fourth-order valence-electron chi connectivity index (χ4n) is 2.31. The van der Waals surface area contributed by atoms with Gasteiger partial charge in [0.2, 0.25) is 5.69 Å². The minimum Gasteiger partial charge on any atom is -0.336 e. The molecule has 112 valence electrons. The van der Waals surface area contributed by atoms with Crippen LogP contribution in [-0.2, 0) is 0 Å². The number of carbonyl (C=O) groups is 1. The van der Waals surface area contributed by atoms with Crippen molar-refractivity contribution in [2.24, 2.45) is 11.1 Å². The molecule has 1 fully saturated rings. The van der Waals surface area contributed by atoms with Gasteiger partial charge in [0.25, 0.3) is 5.91 Å². The van der Waals surface area contributed by atoms with E-state index in [9.17, 15) is 14.9 Å². The number of H-pyrrole nitrogens is 1. The van der Waals surface area contributed by atoms with Gasteiger partial charge in [0.05, 0.1) is 4.92 Å². The second-order valence-electron chi connectivity index (χ2n) is 5.29. The number of amides is 1. The number of aryl methyl sites for hydroxylation is 1. The summed E-state index contributed by atoms with van der Waals surface area (Å²) in [5.74, 6) is -0.409. The summed E-state index contributed by atoms with van der Waals surface area (Å²) in [5.41, 5.74) is 5.49. The molecule has 0 saturated carbocycles. The Kier molecular flexibility index (Phi) is 4.72. The van der Waals surface area contributed by atoms with E-state index in [-0.39, 0.29) is 34.9 Å². The summed E-state index contributed by atoms with van der Waals surface area (Å²) in [6.45, 7) is 5.07. The van der Waals surface area contributed by atoms with Gasteiger partial charge >= 0.3 is 5.69 Å². The molecule has 0 aliphatic carbocycles. The summed E-state index contributed by atoms with van der Waals surface area (Å²) >= 11 is 0. The zero-order valence-corrected chi connectivity index (χ0v) is 12.2. The molecule has 1 aromatic heterocycles. The number of nitrogens with zero attached hydrogens (tertiary/aromatic N) is 3. The zero-order valence-electron chi connectivity index (χ0n) is 11.4. The van der Waals surface area contributed by atoms with E-state index in [4.69, 9.17) is 5.73 Å². The van der Waals surface area contributed by atoms with E-state index in [0.717, 1.165) is 6.42 Å². The maximum absolute atomic E-state index is 12.3. The predicted molar refractivity (Wildman–Crippen MR) is 74.9 cm³/mol. The van der Waals surface area contributed by atoms with Crippen molar-refractivity contribution in [1.82, 2.24) is 15.1 Å². The van der Waals surface area contributed by atoms with Gasteiger partial charge in [0.1, 0.15) is 5.69 Å². The second kappa shape index (κ2) is 5.76. The van der Waals surface area contributed by atoms with Crippen LogP contribution < -0.4 is 5.73 Å². The standard InChI is InChI=1S/C11H17N5O3.ClH/c1-7-9(16(18)19)8(14-13-7)10(17)15-4-3-11(2,5-12)6-15;/h3-6,12H2,1-2H3,(H,13,14);1H. The van der Waals surface area contributed by atoms with Crippen LogP contribution in [0.25, 0.3) is 0 Å². The maximum atomic E-state index is 12.3. The largest absolute Gasteiger partial charge is 0.336 e. The van der Waals surface area contributed by atoms with Gasteiger partial charge in [-0.15, -0.1) is 12.4 Å². The van der Waals surface area contributed by atoms with E-state index < -0.39 is 10.8 Å². The minimum atomic E-state index is -0.579. The van der Waals surface area contributed by atoms with Gasteiger partial charge in [0.15, 0.2) is 0 Å². The lowest BCUT2D eigenvalue weighted by molar-refractivity contribution is -0.385. The van der Waals surface area contributed by atoms with Crippen LogP contribution in [0.1, 0.15) is 29.5 Å². The number of aromatic amines is 1. The first-order chi connectivity index (χ1) is 8.88. The summed E-state index contributed by atoms with van der Waals surface area (Å²) in [7, 11) is 0. The predicted octanol–water partition coefficient (Wildman–Crippen LogP) is 0.859. The molecule has 1 amide bonds. The molecule has 1 atom stereocenters. The molecular formula is C11H18ClN5O3. The van der Waals surface area contributed by atoms with Gasteiger partial charge in [0, 0.05) is 13.1 Å². The normalized spacial score (nSPS) is 21.6. The number of hydrogen-bond donors (Lipinski definition) is 2. The van der Waals surface area contributed by atoms with Crippen molar-refractivity contribution in [2.75, 3.05) is 19.6 Å². The molecule has 2 rings (SSSR count). The molecule has 9 heteroatoms. The molecule has 0 spiro atoms. The molecule has 1 unspecified atom stereocenters. The number of rotatable bonds is 3. The second-order valence-corrected chi connectivity index (χ2v) is 5.29. The van der Waals surface area contributed by atoms with Crippen LogP contribution in [0, 0.1) is 22.5 Å². The lowest BCUT2D eigenvalue weighted by atomic mass is 9.90. The van der Waals surface area contributed by atoms with E-state index in [1.165, 1.54) is 6.92 Å². The van der Waals surface area contributed by atoms with Gasteiger partial charge in [-0.05, 0) is 25.3 Å². The number of aromatic nitrogens is 2. The first-order valence-corrected chi connectivity index (χ1v) is 6.07. The lowest BCUT2D eigenvalue weighted by Gasteiger charge is -2.21. The Morgan fingerprint density at radius 1 is 1.65 bits per heavy atom. The van der Waals surface area contributed by atoms with Crippen LogP contribution in [0.3, 0.4) is 0 Å². The smallest absolute Gasteiger partial charge is 0.322 e. The van der Waals surface area contributed by atoms with Crippen molar-refractivity contribution in [3.8, 4) is 0 Å². The van der Waals surface area contributed by atoms with Crippen molar-refractivity contribution in [2.45, 2.75) is 20.3 Å². The fourth-order valence-corrected chi connectivity index (χ4v) is 2.31. The molecular weight excluding hydrogens is 286 g/mol. The van der Waals surface area contributed by atoms with Gasteiger partial charge in [-0.25, -0.2) is 0 Å². The Balaban J connectivity index is 0.00000200. The molecule has 0 aromatic carbocycles. The topological polar surface area (TPSA) is 118 Å². The first-order valence-electron chi connectivity index (χ1n) is 6.07. The number of hydrogen-bond acceptors (Lipinski definition) is 5. The molecule has 8 nitrogen and oxygen atoms in total. The highest BCUT2D eigenvalue weighted by Gasteiger charge is 2.38. The van der Waals surface area contributed by atoms with Gasteiger partial charge in [-0.3, -0.25) is 20.0 Å². The van der Waals surface area contributed by atoms with Crippen LogP contribution in [-0.4, -0.2) is 45.6 Å².